The van der Waals surface area contributed by atoms with Gasteiger partial charge in [-0.1, -0.05) is 12.1 Å². The fourth-order valence-corrected chi connectivity index (χ4v) is 2.70. The van der Waals surface area contributed by atoms with Crippen molar-refractivity contribution in [2.45, 2.75) is 24.4 Å². The lowest BCUT2D eigenvalue weighted by atomic mass is 9.95. The molecule has 0 heterocycles. The monoisotopic (exact) mass is 353 g/mol. The Hall–Kier alpha value is -2.57. The molecule has 1 saturated carbocycles. The molecule has 1 aliphatic carbocycles. The van der Waals surface area contributed by atoms with Crippen LogP contribution < -0.4 is 10.1 Å². The molecule has 0 radical (unpaired) electrons. The summed E-state index contributed by atoms with van der Waals surface area (Å²) in [5, 5.41) is 2.38. The third-order valence-electron chi connectivity index (χ3n) is 4.35. The minimum absolute atomic E-state index is 0.0757. The highest BCUT2D eigenvalue weighted by molar-refractivity contribution is 5.94. The van der Waals surface area contributed by atoms with Crippen LogP contribution in [0, 0.1) is 5.82 Å². The standard InChI is InChI=1S/C18H15F4NO2/c1-23-16(24)11-2-7-15(14(19)10-11)25-13-5-3-12(4-6-13)17(8-9-17)18(20,21)22/h2-7,10H,8-9H2,1H3,(H,23,24). The first-order chi connectivity index (χ1) is 11.8. The average molecular weight is 353 g/mol. The first-order valence-electron chi connectivity index (χ1n) is 7.63. The quantitative estimate of drug-likeness (QED) is 0.818. The van der Waals surface area contributed by atoms with Crippen molar-refractivity contribution >= 4 is 5.91 Å². The van der Waals surface area contributed by atoms with Gasteiger partial charge in [-0.15, -0.1) is 0 Å². The van der Waals surface area contributed by atoms with Crippen LogP contribution in [0.3, 0.4) is 0 Å². The van der Waals surface area contributed by atoms with Crippen molar-refractivity contribution < 1.29 is 27.1 Å². The normalized spacial score (nSPS) is 15.6. The number of nitrogens with one attached hydrogen (secondary N) is 1. The molecule has 1 N–H and O–H groups in total. The summed E-state index contributed by atoms with van der Waals surface area (Å²) in [6.07, 6.45) is -4.13. The van der Waals surface area contributed by atoms with Crippen LogP contribution in [0.25, 0.3) is 0 Å². The van der Waals surface area contributed by atoms with E-state index in [0.29, 0.717) is 0 Å². The summed E-state index contributed by atoms with van der Waals surface area (Å²) < 4.78 is 58.7. The highest BCUT2D eigenvalue weighted by atomic mass is 19.4. The SMILES string of the molecule is CNC(=O)c1ccc(Oc2ccc(C3(C(F)(F)F)CC3)cc2)c(F)c1. The van der Waals surface area contributed by atoms with Gasteiger partial charge in [0.2, 0.25) is 0 Å². The Morgan fingerprint density at radius 3 is 2.24 bits per heavy atom. The second kappa shape index (κ2) is 6.06. The lowest BCUT2D eigenvalue weighted by Crippen LogP contribution is -2.28. The molecule has 2 aromatic carbocycles. The summed E-state index contributed by atoms with van der Waals surface area (Å²) in [5.41, 5.74) is -1.43. The van der Waals surface area contributed by atoms with Gasteiger partial charge in [-0.05, 0) is 48.7 Å². The van der Waals surface area contributed by atoms with E-state index < -0.39 is 23.3 Å². The maximum Gasteiger partial charge on any atom is 0.398 e. The van der Waals surface area contributed by atoms with E-state index in [-0.39, 0.29) is 35.5 Å². The van der Waals surface area contributed by atoms with Crippen LogP contribution >= 0.6 is 0 Å². The molecule has 1 amide bonds. The van der Waals surface area contributed by atoms with Gasteiger partial charge in [0.25, 0.3) is 5.91 Å². The smallest absolute Gasteiger partial charge is 0.398 e. The van der Waals surface area contributed by atoms with Crippen molar-refractivity contribution in [3.8, 4) is 11.5 Å². The highest BCUT2D eigenvalue weighted by Crippen LogP contribution is 2.58. The molecule has 2 aromatic rings. The van der Waals surface area contributed by atoms with Crippen molar-refractivity contribution in [1.82, 2.24) is 5.32 Å². The molecule has 0 saturated heterocycles. The summed E-state index contributed by atoms with van der Waals surface area (Å²) in [6.45, 7) is 0. The molecule has 1 fully saturated rings. The molecular formula is C18H15F4NO2. The Morgan fingerprint density at radius 2 is 1.76 bits per heavy atom. The van der Waals surface area contributed by atoms with Gasteiger partial charge in [0, 0.05) is 12.6 Å². The van der Waals surface area contributed by atoms with E-state index in [4.69, 9.17) is 4.74 Å². The second-order valence-corrected chi connectivity index (χ2v) is 5.93. The molecule has 25 heavy (non-hydrogen) atoms. The summed E-state index contributed by atoms with van der Waals surface area (Å²) in [4.78, 5) is 11.4. The van der Waals surface area contributed by atoms with E-state index in [1.807, 2.05) is 0 Å². The van der Waals surface area contributed by atoms with Crippen LogP contribution in [-0.2, 0) is 5.41 Å². The van der Waals surface area contributed by atoms with Crippen LogP contribution in [-0.4, -0.2) is 19.1 Å². The summed E-state index contributed by atoms with van der Waals surface area (Å²) in [5.74, 6) is -1.07. The lowest BCUT2D eigenvalue weighted by Gasteiger charge is -2.19. The van der Waals surface area contributed by atoms with Gasteiger partial charge in [0.05, 0.1) is 5.41 Å². The topological polar surface area (TPSA) is 38.3 Å². The number of rotatable bonds is 4. The van der Waals surface area contributed by atoms with Crippen LogP contribution in [0.2, 0.25) is 0 Å². The molecule has 132 valence electrons. The van der Waals surface area contributed by atoms with Crippen LogP contribution in [0.4, 0.5) is 17.6 Å². The number of hydrogen-bond donors (Lipinski definition) is 1. The van der Waals surface area contributed by atoms with Gasteiger partial charge in [0.15, 0.2) is 11.6 Å². The number of hydrogen-bond acceptors (Lipinski definition) is 2. The second-order valence-electron chi connectivity index (χ2n) is 5.93. The van der Waals surface area contributed by atoms with Crippen LogP contribution in [0.1, 0.15) is 28.8 Å². The maximum atomic E-state index is 14.0. The number of amides is 1. The lowest BCUT2D eigenvalue weighted by molar-refractivity contribution is -0.160. The van der Waals surface area contributed by atoms with E-state index in [1.165, 1.54) is 43.4 Å². The minimum Gasteiger partial charge on any atom is -0.454 e. The molecule has 0 bridgehead atoms. The Balaban J connectivity index is 1.78. The zero-order chi connectivity index (χ0) is 18.2. The Bertz CT molecular complexity index is 796. The largest absolute Gasteiger partial charge is 0.454 e. The van der Waals surface area contributed by atoms with Crippen LogP contribution in [0.5, 0.6) is 11.5 Å². The first kappa shape index (κ1) is 17.3. The number of halogens is 4. The predicted octanol–water partition coefficient (Wildman–Crippen LogP) is 4.57. The van der Waals surface area contributed by atoms with E-state index >= 15 is 0 Å². The zero-order valence-electron chi connectivity index (χ0n) is 13.3. The maximum absolute atomic E-state index is 14.0. The number of carbonyl (C=O) groups excluding carboxylic acids is 1. The number of carbonyl (C=O) groups is 1. The van der Waals surface area contributed by atoms with Gasteiger partial charge in [0.1, 0.15) is 5.75 Å². The third kappa shape index (κ3) is 3.18. The molecule has 0 aliphatic heterocycles. The van der Waals surface area contributed by atoms with Gasteiger partial charge in [-0.3, -0.25) is 4.79 Å². The first-order valence-corrected chi connectivity index (χ1v) is 7.63. The Morgan fingerprint density at radius 1 is 1.12 bits per heavy atom. The molecule has 7 heteroatoms. The third-order valence-corrected chi connectivity index (χ3v) is 4.35. The highest BCUT2D eigenvalue weighted by Gasteiger charge is 2.64. The summed E-state index contributed by atoms with van der Waals surface area (Å²) in [7, 11) is 1.43. The fraction of sp³-hybridized carbons (Fsp3) is 0.278. The van der Waals surface area contributed by atoms with Gasteiger partial charge < -0.3 is 10.1 Å². The van der Waals surface area contributed by atoms with E-state index in [9.17, 15) is 22.4 Å². The van der Waals surface area contributed by atoms with Crippen molar-refractivity contribution in [2.24, 2.45) is 0 Å². The van der Waals surface area contributed by atoms with Gasteiger partial charge in [-0.2, -0.15) is 13.2 Å². The number of alkyl halides is 3. The summed E-state index contributed by atoms with van der Waals surface area (Å²) >= 11 is 0. The Labute approximate surface area is 141 Å². The van der Waals surface area contributed by atoms with Gasteiger partial charge >= 0.3 is 6.18 Å². The average Bonchev–Trinajstić information content (AvgIpc) is 3.38. The molecule has 3 nitrogen and oxygen atoms in total. The number of benzene rings is 2. The van der Waals surface area contributed by atoms with E-state index in [0.717, 1.165) is 6.07 Å². The molecule has 3 rings (SSSR count). The molecular weight excluding hydrogens is 338 g/mol. The fourth-order valence-electron chi connectivity index (χ4n) is 2.70. The van der Waals surface area contributed by atoms with Gasteiger partial charge in [-0.25, -0.2) is 4.39 Å². The van der Waals surface area contributed by atoms with Crippen molar-refractivity contribution in [3.05, 3.63) is 59.4 Å². The molecule has 0 atom stereocenters. The van der Waals surface area contributed by atoms with E-state index in [1.54, 1.807) is 0 Å². The van der Waals surface area contributed by atoms with Crippen LogP contribution in [0.15, 0.2) is 42.5 Å². The Kier molecular flexibility index (Phi) is 4.18. The minimum atomic E-state index is -4.28. The predicted molar refractivity (Wildman–Crippen MR) is 83.3 cm³/mol. The van der Waals surface area contributed by atoms with Crippen molar-refractivity contribution in [3.63, 3.8) is 0 Å². The molecule has 1 aliphatic rings. The number of ether oxygens (including phenoxy) is 1. The van der Waals surface area contributed by atoms with Crippen molar-refractivity contribution in [1.29, 1.82) is 0 Å². The van der Waals surface area contributed by atoms with Crippen molar-refractivity contribution in [2.75, 3.05) is 7.05 Å². The zero-order valence-corrected chi connectivity index (χ0v) is 13.3. The molecule has 0 aromatic heterocycles. The molecule has 0 spiro atoms. The summed E-state index contributed by atoms with van der Waals surface area (Å²) in [6, 6.07) is 9.20. The molecule has 0 unspecified atom stereocenters. The van der Waals surface area contributed by atoms with E-state index in [2.05, 4.69) is 5.32 Å².